The Bertz CT molecular complexity index is 535. The maximum Gasteiger partial charge on any atom is 0.0406 e. The van der Waals surface area contributed by atoms with E-state index in [0.29, 0.717) is 11.8 Å². The number of benzene rings is 2. The molecule has 2 heteroatoms. The standard InChI is InChI=1S/C19H24ClN/c1-3-14(2)19(16-7-5-4-6-8-16)18(21)13-15-9-11-17(20)12-10-15/h4-12,14,18-19H,3,13,21H2,1-2H3. The number of rotatable bonds is 6. The van der Waals surface area contributed by atoms with Crippen LogP contribution >= 0.6 is 11.6 Å². The third-order valence-corrected chi connectivity index (χ3v) is 4.54. The van der Waals surface area contributed by atoms with E-state index in [-0.39, 0.29) is 6.04 Å². The average Bonchev–Trinajstić information content (AvgIpc) is 2.50. The van der Waals surface area contributed by atoms with Crippen LogP contribution in [0.25, 0.3) is 0 Å². The van der Waals surface area contributed by atoms with E-state index in [1.54, 1.807) is 0 Å². The van der Waals surface area contributed by atoms with Crippen LogP contribution < -0.4 is 5.73 Å². The minimum atomic E-state index is 0.114. The van der Waals surface area contributed by atoms with Crippen molar-refractivity contribution in [1.82, 2.24) is 0 Å². The molecule has 0 bridgehead atoms. The lowest BCUT2D eigenvalue weighted by Gasteiger charge is -2.29. The van der Waals surface area contributed by atoms with Crippen LogP contribution in [0.1, 0.15) is 37.3 Å². The zero-order valence-electron chi connectivity index (χ0n) is 12.8. The van der Waals surface area contributed by atoms with Gasteiger partial charge in [-0.2, -0.15) is 0 Å². The van der Waals surface area contributed by atoms with Crippen LogP contribution in [0.15, 0.2) is 54.6 Å². The third-order valence-electron chi connectivity index (χ3n) is 4.29. The van der Waals surface area contributed by atoms with Crippen LogP contribution in [0, 0.1) is 5.92 Å². The monoisotopic (exact) mass is 301 g/mol. The van der Waals surface area contributed by atoms with Crippen LogP contribution in [0.2, 0.25) is 5.02 Å². The summed E-state index contributed by atoms with van der Waals surface area (Å²) in [5, 5.41) is 0.772. The smallest absolute Gasteiger partial charge is 0.0406 e. The van der Waals surface area contributed by atoms with Crippen LogP contribution in [0.4, 0.5) is 0 Å². The Morgan fingerprint density at radius 1 is 1.00 bits per heavy atom. The largest absolute Gasteiger partial charge is 0.327 e. The summed E-state index contributed by atoms with van der Waals surface area (Å²) in [6, 6.07) is 18.8. The molecule has 2 rings (SSSR count). The van der Waals surface area contributed by atoms with Gasteiger partial charge < -0.3 is 5.73 Å². The minimum absolute atomic E-state index is 0.114. The van der Waals surface area contributed by atoms with E-state index in [2.05, 4.69) is 56.3 Å². The van der Waals surface area contributed by atoms with Crippen LogP contribution in [-0.2, 0) is 6.42 Å². The van der Waals surface area contributed by atoms with Crippen molar-refractivity contribution >= 4 is 11.6 Å². The molecular weight excluding hydrogens is 278 g/mol. The quantitative estimate of drug-likeness (QED) is 0.795. The molecule has 2 N–H and O–H groups in total. The molecule has 0 heterocycles. The average molecular weight is 302 g/mol. The molecule has 0 radical (unpaired) electrons. The molecule has 0 aliphatic heterocycles. The molecule has 0 spiro atoms. The van der Waals surface area contributed by atoms with Crippen LogP contribution in [0.3, 0.4) is 0 Å². The summed E-state index contributed by atoms with van der Waals surface area (Å²) < 4.78 is 0. The van der Waals surface area contributed by atoms with Gasteiger partial charge in [-0.3, -0.25) is 0 Å². The van der Waals surface area contributed by atoms with Crippen molar-refractivity contribution in [3.8, 4) is 0 Å². The zero-order chi connectivity index (χ0) is 15.2. The van der Waals surface area contributed by atoms with Gasteiger partial charge in [0.1, 0.15) is 0 Å². The first-order chi connectivity index (χ1) is 10.1. The Balaban J connectivity index is 2.18. The predicted molar refractivity (Wildman–Crippen MR) is 91.8 cm³/mol. The Hall–Kier alpha value is -1.31. The maximum atomic E-state index is 6.56. The van der Waals surface area contributed by atoms with E-state index in [0.717, 1.165) is 17.9 Å². The zero-order valence-corrected chi connectivity index (χ0v) is 13.6. The SMILES string of the molecule is CCC(C)C(c1ccccc1)C(N)Cc1ccc(Cl)cc1. The van der Waals surface area contributed by atoms with Crippen molar-refractivity contribution in [3.63, 3.8) is 0 Å². The van der Waals surface area contributed by atoms with Gasteiger partial charge in [0.05, 0.1) is 0 Å². The molecule has 112 valence electrons. The molecular formula is C19H24ClN. The fourth-order valence-electron chi connectivity index (χ4n) is 2.95. The Labute approximate surface area is 133 Å². The predicted octanol–water partition coefficient (Wildman–Crippen LogP) is 5.04. The molecule has 2 aromatic rings. The highest BCUT2D eigenvalue weighted by molar-refractivity contribution is 6.30. The molecule has 0 saturated carbocycles. The van der Waals surface area contributed by atoms with E-state index in [4.69, 9.17) is 17.3 Å². The van der Waals surface area contributed by atoms with Gasteiger partial charge in [0.15, 0.2) is 0 Å². The Morgan fingerprint density at radius 3 is 2.19 bits per heavy atom. The number of hydrogen-bond donors (Lipinski definition) is 1. The Kier molecular flexibility index (Phi) is 5.84. The second kappa shape index (κ2) is 7.63. The molecule has 0 amide bonds. The molecule has 21 heavy (non-hydrogen) atoms. The van der Waals surface area contributed by atoms with Gasteiger partial charge in [-0.25, -0.2) is 0 Å². The fourth-order valence-corrected chi connectivity index (χ4v) is 3.07. The highest BCUT2D eigenvalue weighted by Gasteiger charge is 2.24. The molecule has 0 aliphatic carbocycles. The topological polar surface area (TPSA) is 26.0 Å². The summed E-state index contributed by atoms with van der Waals surface area (Å²) in [7, 11) is 0. The van der Waals surface area contributed by atoms with Gasteiger partial charge in [0, 0.05) is 17.0 Å². The lowest BCUT2D eigenvalue weighted by atomic mass is 9.78. The van der Waals surface area contributed by atoms with Gasteiger partial charge >= 0.3 is 0 Å². The van der Waals surface area contributed by atoms with Crippen LogP contribution in [0.5, 0.6) is 0 Å². The molecule has 0 aliphatic rings. The first kappa shape index (κ1) is 16.1. The van der Waals surface area contributed by atoms with Crippen molar-refractivity contribution in [3.05, 3.63) is 70.7 Å². The molecule has 2 aromatic carbocycles. The van der Waals surface area contributed by atoms with Crippen LogP contribution in [-0.4, -0.2) is 6.04 Å². The van der Waals surface area contributed by atoms with Crippen molar-refractivity contribution < 1.29 is 0 Å². The van der Waals surface area contributed by atoms with Crippen molar-refractivity contribution in [1.29, 1.82) is 0 Å². The van der Waals surface area contributed by atoms with E-state index in [1.807, 2.05) is 12.1 Å². The fraction of sp³-hybridized carbons (Fsp3) is 0.368. The van der Waals surface area contributed by atoms with E-state index in [9.17, 15) is 0 Å². The van der Waals surface area contributed by atoms with Gasteiger partial charge in [0.25, 0.3) is 0 Å². The van der Waals surface area contributed by atoms with Gasteiger partial charge in [0.2, 0.25) is 0 Å². The van der Waals surface area contributed by atoms with Crippen molar-refractivity contribution in [2.45, 2.75) is 38.6 Å². The molecule has 0 fully saturated rings. The number of nitrogens with two attached hydrogens (primary N) is 1. The first-order valence-electron chi connectivity index (χ1n) is 7.66. The molecule has 3 unspecified atom stereocenters. The normalized spacial score (nSPS) is 15.4. The second-order valence-electron chi connectivity index (χ2n) is 5.82. The molecule has 3 atom stereocenters. The summed E-state index contributed by atoms with van der Waals surface area (Å²) in [4.78, 5) is 0. The highest BCUT2D eigenvalue weighted by atomic mass is 35.5. The number of hydrogen-bond acceptors (Lipinski definition) is 1. The van der Waals surface area contributed by atoms with E-state index < -0.39 is 0 Å². The van der Waals surface area contributed by atoms with Gasteiger partial charge in [-0.1, -0.05) is 74.3 Å². The lowest BCUT2D eigenvalue weighted by Crippen LogP contribution is -2.34. The van der Waals surface area contributed by atoms with Gasteiger partial charge in [-0.05, 0) is 35.6 Å². The lowest BCUT2D eigenvalue weighted by molar-refractivity contribution is 0.380. The summed E-state index contributed by atoms with van der Waals surface area (Å²) in [6.07, 6.45) is 2.01. The minimum Gasteiger partial charge on any atom is -0.327 e. The summed E-state index contributed by atoms with van der Waals surface area (Å²) >= 11 is 5.95. The van der Waals surface area contributed by atoms with Gasteiger partial charge in [-0.15, -0.1) is 0 Å². The molecule has 0 aromatic heterocycles. The summed E-state index contributed by atoms with van der Waals surface area (Å²) in [6.45, 7) is 4.52. The van der Waals surface area contributed by atoms with Crippen molar-refractivity contribution in [2.24, 2.45) is 11.7 Å². The van der Waals surface area contributed by atoms with Crippen molar-refractivity contribution in [2.75, 3.05) is 0 Å². The summed E-state index contributed by atoms with van der Waals surface area (Å²) in [5.74, 6) is 0.946. The highest BCUT2D eigenvalue weighted by Crippen LogP contribution is 2.31. The number of halogens is 1. The first-order valence-corrected chi connectivity index (χ1v) is 8.04. The third kappa shape index (κ3) is 4.33. The summed E-state index contributed by atoms with van der Waals surface area (Å²) in [5.41, 5.74) is 9.15. The maximum absolute atomic E-state index is 6.56. The molecule has 0 saturated heterocycles. The van der Waals surface area contributed by atoms with E-state index >= 15 is 0 Å². The molecule has 1 nitrogen and oxygen atoms in total. The second-order valence-corrected chi connectivity index (χ2v) is 6.25. The van der Waals surface area contributed by atoms with E-state index in [1.165, 1.54) is 11.1 Å². The Morgan fingerprint density at radius 2 is 1.62 bits per heavy atom.